The molecule has 0 saturated heterocycles. The molecule has 0 saturated carbocycles. The van der Waals surface area contributed by atoms with E-state index in [2.05, 4.69) is 43.8 Å². The van der Waals surface area contributed by atoms with Gasteiger partial charge in [-0.05, 0) is 32.0 Å². The third-order valence-corrected chi connectivity index (χ3v) is 1.61. The van der Waals surface area contributed by atoms with E-state index >= 15 is 0 Å². The van der Waals surface area contributed by atoms with E-state index in [1.54, 1.807) is 0 Å². The molecule has 0 aliphatic carbocycles. The Kier molecular flexibility index (Phi) is 10.00. The predicted molar refractivity (Wildman–Crippen MR) is 61.3 cm³/mol. The van der Waals surface area contributed by atoms with Crippen LogP contribution in [0.3, 0.4) is 0 Å². The zero-order chi connectivity index (χ0) is 13.1. The average molecular weight is 227 g/mol. The molecule has 0 unspecified atom stereocenters. The molecule has 0 aliphatic rings. The van der Waals surface area contributed by atoms with E-state index in [1.165, 1.54) is 18.2 Å². The number of aryl methyl sites for hydroxylation is 2. The van der Waals surface area contributed by atoms with Crippen LogP contribution in [0.5, 0.6) is 0 Å². The maximum Gasteiger partial charge on any atom is 0.414 e. The molecule has 90 valence electrons. The summed E-state index contributed by atoms with van der Waals surface area (Å²) in [5.41, 5.74) is 7.24. The van der Waals surface area contributed by atoms with Crippen LogP contribution in [0.4, 0.5) is 0 Å². The van der Waals surface area contributed by atoms with Crippen molar-refractivity contribution in [2.45, 2.75) is 13.8 Å². The van der Waals surface area contributed by atoms with Crippen LogP contribution in [-0.4, -0.2) is 29.2 Å². The predicted octanol–water partition coefficient (Wildman–Crippen LogP) is 1.03. The molecule has 5 heteroatoms. The van der Waals surface area contributed by atoms with Crippen molar-refractivity contribution >= 4 is 11.9 Å². The molecule has 4 N–H and O–H groups in total. The summed E-state index contributed by atoms with van der Waals surface area (Å²) in [5, 5.41) is 14.8. The average Bonchev–Trinajstić information content (AvgIpc) is 2.26. The molecule has 0 radical (unpaired) electrons. The molecular formula is C11H17NO4. The van der Waals surface area contributed by atoms with Crippen LogP contribution in [0.2, 0.25) is 0 Å². The molecule has 1 aromatic carbocycles. The fourth-order valence-electron chi connectivity index (χ4n) is 0.663. The van der Waals surface area contributed by atoms with E-state index in [4.69, 9.17) is 19.8 Å². The monoisotopic (exact) mass is 227 g/mol. The summed E-state index contributed by atoms with van der Waals surface area (Å²) in [6.45, 7) is 4.24. The van der Waals surface area contributed by atoms with Gasteiger partial charge in [-0.3, -0.25) is 0 Å². The molecule has 0 amide bonds. The van der Waals surface area contributed by atoms with Gasteiger partial charge in [0.05, 0.1) is 0 Å². The van der Waals surface area contributed by atoms with Crippen LogP contribution in [0.15, 0.2) is 24.3 Å². The minimum Gasteiger partial charge on any atom is -0.473 e. The van der Waals surface area contributed by atoms with Gasteiger partial charge in [0.15, 0.2) is 0 Å². The largest absolute Gasteiger partial charge is 0.473 e. The third-order valence-electron chi connectivity index (χ3n) is 1.61. The number of hydrogen-bond acceptors (Lipinski definition) is 3. The summed E-state index contributed by atoms with van der Waals surface area (Å²) in [5.74, 6) is -3.65. The highest BCUT2D eigenvalue weighted by molar-refractivity contribution is 6.27. The molecule has 1 rings (SSSR count). The lowest BCUT2D eigenvalue weighted by atomic mass is 10.1. The summed E-state index contributed by atoms with van der Waals surface area (Å²) >= 11 is 0. The second-order valence-corrected chi connectivity index (χ2v) is 2.69. The van der Waals surface area contributed by atoms with Crippen molar-refractivity contribution in [3.05, 3.63) is 35.4 Å². The van der Waals surface area contributed by atoms with Gasteiger partial charge in [0.2, 0.25) is 0 Å². The molecule has 5 nitrogen and oxygen atoms in total. The topological polar surface area (TPSA) is 101 Å². The number of aliphatic carboxylic acids is 2. The van der Waals surface area contributed by atoms with Gasteiger partial charge in [0.1, 0.15) is 0 Å². The van der Waals surface area contributed by atoms with Crippen LogP contribution in [0.1, 0.15) is 11.1 Å². The van der Waals surface area contributed by atoms with Crippen molar-refractivity contribution in [1.82, 2.24) is 0 Å². The molecule has 16 heavy (non-hydrogen) atoms. The van der Waals surface area contributed by atoms with Gasteiger partial charge in [-0.25, -0.2) is 9.59 Å². The van der Waals surface area contributed by atoms with Crippen LogP contribution in [0.25, 0.3) is 0 Å². The number of carboxylic acid groups (broad SMARTS) is 2. The summed E-state index contributed by atoms with van der Waals surface area (Å²) in [4.78, 5) is 18.2. The van der Waals surface area contributed by atoms with Crippen molar-refractivity contribution in [3.8, 4) is 0 Å². The molecule has 0 bridgehead atoms. The van der Waals surface area contributed by atoms with Gasteiger partial charge in [0.25, 0.3) is 0 Å². The van der Waals surface area contributed by atoms with Gasteiger partial charge in [-0.1, -0.05) is 24.3 Å². The second kappa shape index (κ2) is 9.67. The highest BCUT2D eigenvalue weighted by Gasteiger charge is 2.04. The number of hydrogen-bond donors (Lipinski definition) is 3. The molecule has 0 aromatic heterocycles. The normalized spacial score (nSPS) is 7.75. The third kappa shape index (κ3) is 8.71. The second-order valence-electron chi connectivity index (χ2n) is 2.69. The van der Waals surface area contributed by atoms with Crippen molar-refractivity contribution in [2.75, 3.05) is 7.05 Å². The zero-order valence-corrected chi connectivity index (χ0v) is 9.60. The van der Waals surface area contributed by atoms with Gasteiger partial charge in [-0.15, -0.1) is 0 Å². The van der Waals surface area contributed by atoms with Gasteiger partial charge in [-0.2, -0.15) is 0 Å². The Bertz CT molecular complexity index is 304. The Hall–Kier alpha value is -1.88. The minimum atomic E-state index is -1.82. The Balaban J connectivity index is 0. The number of carbonyl (C=O) groups is 2. The fraction of sp³-hybridized carbons (Fsp3) is 0.273. The lowest BCUT2D eigenvalue weighted by molar-refractivity contribution is -0.159. The lowest BCUT2D eigenvalue weighted by Gasteiger charge is -1.93. The number of benzene rings is 1. The molecule has 1 aromatic rings. The van der Waals surface area contributed by atoms with Crippen molar-refractivity contribution < 1.29 is 19.8 Å². The van der Waals surface area contributed by atoms with E-state index < -0.39 is 11.9 Å². The van der Waals surface area contributed by atoms with E-state index in [0.717, 1.165) is 0 Å². The smallest absolute Gasteiger partial charge is 0.414 e. The van der Waals surface area contributed by atoms with Gasteiger partial charge in [0, 0.05) is 0 Å². The molecular weight excluding hydrogens is 210 g/mol. The number of nitrogens with two attached hydrogens (primary N) is 1. The SMILES string of the molecule is CN.Cc1ccccc1C.O=C(O)C(=O)O. The molecule has 0 aliphatic heterocycles. The summed E-state index contributed by atoms with van der Waals surface area (Å²) in [7, 11) is 1.50. The Morgan fingerprint density at radius 3 is 1.31 bits per heavy atom. The van der Waals surface area contributed by atoms with Gasteiger partial charge >= 0.3 is 11.9 Å². The summed E-state index contributed by atoms with van der Waals surface area (Å²) in [6.07, 6.45) is 0. The van der Waals surface area contributed by atoms with Crippen LogP contribution < -0.4 is 5.73 Å². The first kappa shape index (κ1) is 16.5. The van der Waals surface area contributed by atoms with Crippen molar-refractivity contribution in [2.24, 2.45) is 5.73 Å². The maximum absolute atomic E-state index is 9.10. The van der Waals surface area contributed by atoms with Crippen LogP contribution >= 0.6 is 0 Å². The molecule has 0 atom stereocenters. The molecule has 0 fully saturated rings. The molecule has 0 spiro atoms. The highest BCUT2D eigenvalue weighted by atomic mass is 16.4. The van der Waals surface area contributed by atoms with E-state index in [0.29, 0.717) is 0 Å². The fourth-order valence-corrected chi connectivity index (χ4v) is 0.663. The number of carboxylic acids is 2. The number of rotatable bonds is 0. The maximum atomic E-state index is 9.10. The summed E-state index contributed by atoms with van der Waals surface area (Å²) in [6, 6.07) is 8.36. The van der Waals surface area contributed by atoms with E-state index in [1.807, 2.05) is 0 Å². The minimum absolute atomic E-state index is 1.37. The quantitative estimate of drug-likeness (QED) is 0.575. The van der Waals surface area contributed by atoms with Crippen molar-refractivity contribution in [1.29, 1.82) is 0 Å². The summed E-state index contributed by atoms with van der Waals surface area (Å²) < 4.78 is 0. The Morgan fingerprint density at radius 1 is 0.938 bits per heavy atom. The van der Waals surface area contributed by atoms with Crippen LogP contribution in [0, 0.1) is 13.8 Å². The van der Waals surface area contributed by atoms with E-state index in [9.17, 15) is 0 Å². The van der Waals surface area contributed by atoms with E-state index in [-0.39, 0.29) is 0 Å². The first-order valence-electron chi connectivity index (χ1n) is 4.51. The zero-order valence-electron chi connectivity index (χ0n) is 9.60. The van der Waals surface area contributed by atoms with Gasteiger partial charge < -0.3 is 15.9 Å². The first-order valence-corrected chi connectivity index (χ1v) is 4.51. The Labute approximate surface area is 94.5 Å². The van der Waals surface area contributed by atoms with Crippen LogP contribution in [-0.2, 0) is 9.59 Å². The van der Waals surface area contributed by atoms with Crippen molar-refractivity contribution in [3.63, 3.8) is 0 Å². The standard InChI is InChI=1S/C8H10.C2H2O4.CH5N/c1-7-5-3-4-6-8(7)2;3-1(4)2(5)6;1-2/h3-6H,1-2H3;(H,3,4)(H,5,6);2H2,1H3. The lowest BCUT2D eigenvalue weighted by Crippen LogP contribution is -2.09. The highest BCUT2D eigenvalue weighted by Crippen LogP contribution is 2.02. The molecule has 0 heterocycles. The Morgan fingerprint density at radius 2 is 1.19 bits per heavy atom. The first-order chi connectivity index (χ1) is 7.45.